The van der Waals surface area contributed by atoms with E-state index in [9.17, 15) is 14.4 Å². The van der Waals surface area contributed by atoms with Crippen molar-refractivity contribution in [1.82, 2.24) is 14.7 Å². The summed E-state index contributed by atoms with van der Waals surface area (Å²) in [4.78, 5) is 40.8. The van der Waals surface area contributed by atoms with Crippen LogP contribution in [-0.4, -0.2) is 27.2 Å². The molecule has 2 aromatic heterocycles. The Morgan fingerprint density at radius 1 is 1.36 bits per heavy atom. The second-order valence-corrected chi connectivity index (χ2v) is 5.75. The molecule has 0 atom stereocenters. The summed E-state index contributed by atoms with van der Waals surface area (Å²) < 4.78 is 6.22. The van der Waals surface area contributed by atoms with Crippen molar-refractivity contribution in [3.63, 3.8) is 0 Å². The van der Waals surface area contributed by atoms with Gasteiger partial charge in [0.2, 0.25) is 0 Å². The highest BCUT2D eigenvalue weighted by molar-refractivity contribution is 6.07. The smallest absolute Gasteiger partial charge is 0.330 e. The number of H-pyrrole nitrogens is 1. The van der Waals surface area contributed by atoms with Crippen LogP contribution in [0.4, 0.5) is 11.5 Å². The molecule has 2 rings (SSSR count). The van der Waals surface area contributed by atoms with E-state index in [-0.39, 0.29) is 23.6 Å². The predicted octanol–water partition coefficient (Wildman–Crippen LogP) is 1.27. The third-order valence-corrected chi connectivity index (χ3v) is 3.89. The molecule has 0 aliphatic heterocycles. The number of aryl methyl sites for hydroxylation is 1. The van der Waals surface area contributed by atoms with Gasteiger partial charge in [-0.1, -0.05) is 25.4 Å². The van der Waals surface area contributed by atoms with Crippen molar-refractivity contribution < 1.29 is 9.32 Å². The minimum absolute atomic E-state index is 0.0156. The molecule has 3 N–H and O–H groups in total. The van der Waals surface area contributed by atoms with Crippen LogP contribution >= 0.6 is 0 Å². The van der Waals surface area contributed by atoms with Crippen molar-refractivity contribution in [2.45, 2.75) is 46.6 Å². The average molecular weight is 349 g/mol. The molecular weight excluding hydrogens is 326 g/mol. The number of amides is 1. The summed E-state index contributed by atoms with van der Waals surface area (Å²) in [7, 11) is 0. The maximum absolute atomic E-state index is 12.9. The Labute approximate surface area is 144 Å². The minimum atomic E-state index is -0.689. The zero-order chi connectivity index (χ0) is 18.6. The Bertz CT molecular complexity index is 864. The molecule has 0 bridgehead atoms. The van der Waals surface area contributed by atoms with Gasteiger partial charge < -0.3 is 15.2 Å². The van der Waals surface area contributed by atoms with E-state index in [4.69, 9.17) is 10.3 Å². The number of nitrogens with one attached hydrogen (secondary N) is 1. The molecule has 25 heavy (non-hydrogen) atoms. The van der Waals surface area contributed by atoms with E-state index in [1.165, 1.54) is 15.7 Å². The van der Waals surface area contributed by atoms with E-state index >= 15 is 0 Å². The monoisotopic (exact) mass is 349 g/mol. The molecule has 0 aliphatic rings. The molecule has 0 saturated heterocycles. The molecule has 2 heterocycles. The first kappa shape index (κ1) is 18.5. The number of unbranched alkanes of at least 4 members (excludes halogenated alkanes) is 1. The second kappa shape index (κ2) is 7.82. The maximum Gasteiger partial charge on any atom is 0.330 e. The number of carbonyl (C=O) groups is 1. The lowest BCUT2D eigenvalue weighted by atomic mass is 10.2. The SMILES string of the molecule is CCCCn1c(N)c(N(CCC)C(=O)c2cnoc2C)c(=O)[nH]c1=O. The number of hydrogen-bond donors (Lipinski definition) is 2. The zero-order valence-electron chi connectivity index (χ0n) is 14.7. The Hall–Kier alpha value is -2.84. The van der Waals surface area contributed by atoms with Gasteiger partial charge in [-0.3, -0.25) is 19.1 Å². The van der Waals surface area contributed by atoms with E-state index < -0.39 is 17.2 Å². The minimum Gasteiger partial charge on any atom is -0.383 e. The number of anilines is 2. The summed E-state index contributed by atoms with van der Waals surface area (Å²) in [6.07, 6.45) is 3.49. The van der Waals surface area contributed by atoms with Gasteiger partial charge in [0.25, 0.3) is 11.5 Å². The summed E-state index contributed by atoms with van der Waals surface area (Å²) >= 11 is 0. The fraction of sp³-hybridized carbons (Fsp3) is 0.500. The van der Waals surface area contributed by atoms with Crippen molar-refractivity contribution in [1.29, 1.82) is 0 Å². The Morgan fingerprint density at radius 2 is 2.08 bits per heavy atom. The number of aromatic amines is 1. The fourth-order valence-electron chi connectivity index (χ4n) is 2.56. The summed E-state index contributed by atoms with van der Waals surface area (Å²) in [5.74, 6) is -0.114. The zero-order valence-corrected chi connectivity index (χ0v) is 14.7. The first-order chi connectivity index (χ1) is 11.9. The largest absolute Gasteiger partial charge is 0.383 e. The first-order valence-electron chi connectivity index (χ1n) is 8.28. The summed E-state index contributed by atoms with van der Waals surface area (Å²) in [6.45, 7) is 6.10. The van der Waals surface area contributed by atoms with Crippen molar-refractivity contribution in [2.24, 2.45) is 0 Å². The van der Waals surface area contributed by atoms with Crippen LogP contribution < -0.4 is 21.9 Å². The van der Waals surface area contributed by atoms with Crippen LogP contribution in [0, 0.1) is 6.92 Å². The van der Waals surface area contributed by atoms with Crippen LogP contribution in [0.3, 0.4) is 0 Å². The lowest BCUT2D eigenvalue weighted by Crippen LogP contribution is -2.41. The summed E-state index contributed by atoms with van der Waals surface area (Å²) in [5.41, 5.74) is 5.05. The molecule has 0 radical (unpaired) electrons. The molecule has 0 spiro atoms. The van der Waals surface area contributed by atoms with Gasteiger partial charge in [-0.05, 0) is 19.8 Å². The van der Waals surface area contributed by atoms with Crippen LogP contribution in [-0.2, 0) is 6.54 Å². The Kier molecular flexibility index (Phi) is 5.79. The molecule has 136 valence electrons. The van der Waals surface area contributed by atoms with Gasteiger partial charge in [0.15, 0.2) is 5.69 Å². The highest BCUT2D eigenvalue weighted by Gasteiger charge is 2.26. The highest BCUT2D eigenvalue weighted by Crippen LogP contribution is 2.21. The van der Waals surface area contributed by atoms with Crippen LogP contribution in [0.1, 0.15) is 49.2 Å². The van der Waals surface area contributed by atoms with Crippen LogP contribution in [0.5, 0.6) is 0 Å². The van der Waals surface area contributed by atoms with Gasteiger partial charge in [-0.15, -0.1) is 0 Å². The van der Waals surface area contributed by atoms with Crippen molar-refractivity contribution in [3.05, 3.63) is 38.4 Å². The third-order valence-electron chi connectivity index (χ3n) is 3.89. The lowest BCUT2D eigenvalue weighted by molar-refractivity contribution is 0.0985. The number of hydrogen-bond acceptors (Lipinski definition) is 6. The Balaban J connectivity index is 2.58. The topological polar surface area (TPSA) is 127 Å². The van der Waals surface area contributed by atoms with Gasteiger partial charge >= 0.3 is 5.69 Å². The van der Waals surface area contributed by atoms with Gasteiger partial charge in [0, 0.05) is 13.1 Å². The lowest BCUT2D eigenvalue weighted by Gasteiger charge is -2.23. The summed E-state index contributed by atoms with van der Waals surface area (Å²) in [5, 5.41) is 3.60. The van der Waals surface area contributed by atoms with Gasteiger partial charge in [-0.25, -0.2) is 4.79 Å². The first-order valence-corrected chi connectivity index (χ1v) is 8.28. The average Bonchev–Trinajstić information content (AvgIpc) is 2.99. The van der Waals surface area contributed by atoms with Gasteiger partial charge in [0.05, 0.1) is 6.20 Å². The number of nitrogen functional groups attached to an aromatic ring is 1. The third kappa shape index (κ3) is 3.65. The Morgan fingerprint density at radius 3 is 2.64 bits per heavy atom. The number of nitrogens with two attached hydrogens (primary N) is 1. The molecule has 0 aromatic carbocycles. The molecule has 0 fully saturated rings. The second-order valence-electron chi connectivity index (χ2n) is 5.75. The van der Waals surface area contributed by atoms with Crippen LogP contribution in [0.2, 0.25) is 0 Å². The molecule has 2 aromatic rings. The van der Waals surface area contributed by atoms with E-state index in [2.05, 4.69) is 10.1 Å². The molecule has 0 unspecified atom stereocenters. The van der Waals surface area contributed by atoms with Crippen molar-refractivity contribution in [2.75, 3.05) is 17.2 Å². The summed E-state index contributed by atoms with van der Waals surface area (Å²) in [6, 6.07) is 0. The molecule has 9 nitrogen and oxygen atoms in total. The number of aromatic nitrogens is 3. The van der Waals surface area contributed by atoms with E-state index in [1.807, 2.05) is 13.8 Å². The fourth-order valence-corrected chi connectivity index (χ4v) is 2.56. The van der Waals surface area contributed by atoms with Gasteiger partial charge in [0.1, 0.15) is 17.1 Å². The highest BCUT2D eigenvalue weighted by atomic mass is 16.5. The molecular formula is C16H23N5O4. The van der Waals surface area contributed by atoms with Gasteiger partial charge in [-0.2, -0.15) is 0 Å². The molecule has 1 amide bonds. The number of nitrogens with zero attached hydrogens (tertiary/aromatic N) is 3. The number of rotatable bonds is 7. The van der Waals surface area contributed by atoms with Crippen LogP contribution in [0.15, 0.2) is 20.3 Å². The molecule has 0 aliphatic carbocycles. The predicted molar refractivity (Wildman–Crippen MR) is 93.9 cm³/mol. The van der Waals surface area contributed by atoms with E-state index in [1.54, 1.807) is 6.92 Å². The van der Waals surface area contributed by atoms with Crippen molar-refractivity contribution in [3.8, 4) is 0 Å². The standard InChI is InChI=1S/C16H23N5O4/c1-4-6-8-21-13(17)12(14(22)19-16(21)24)20(7-5-2)15(23)11-9-18-25-10(11)3/h9H,4-8,17H2,1-3H3,(H,19,22,24). The van der Waals surface area contributed by atoms with Crippen molar-refractivity contribution >= 4 is 17.4 Å². The quantitative estimate of drug-likeness (QED) is 0.775. The van der Waals surface area contributed by atoms with E-state index in [0.29, 0.717) is 18.7 Å². The molecule has 9 heteroatoms. The molecule has 0 saturated carbocycles. The maximum atomic E-state index is 12.9. The normalized spacial score (nSPS) is 10.8. The van der Waals surface area contributed by atoms with Crippen LogP contribution in [0.25, 0.3) is 0 Å². The van der Waals surface area contributed by atoms with E-state index in [0.717, 1.165) is 12.8 Å². The number of carbonyl (C=O) groups excluding carboxylic acids is 1.